The number of amides is 12. The number of rotatable bonds is 0. The van der Waals surface area contributed by atoms with Crippen LogP contribution in [0, 0.1) is 0 Å². The quantitative estimate of drug-likeness (QED) is 0.215. The van der Waals surface area contributed by atoms with Crippen LogP contribution in [0.1, 0.15) is 140 Å². The van der Waals surface area contributed by atoms with Gasteiger partial charge in [-0.05, 0) is 83.1 Å². The fraction of sp³-hybridized carbons (Fsp3) is 0.556. The molecule has 370 valence electrons. The number of hydrogen-bond acceptors (Lipinski definition) is 18. The van der Waals surface area contributed by atoms with Gasteiger partial charge in [-0.2, -0.15) is 0 Å². The minimum Gasteiger partial charge on any atom is -0.596 e. The van der Waals surface area contributed by atoms with Crippen LogP contribution in [0.3, 0.4) is 0 Å². The number of carbonyl (C=O) groups is 16. The Balaban J connectivity index is -0.0000000244. The van der Waals surface area contributed by atoms with Gasteiger partial charge in [-0.15, -0.1) is 0 Å². The summed E-state index contributed by atoms with van der Waals surface area (Å²) in [4.78, 5) is 158. The predicted octanol–water partition coefficient (Wildman–Crippen LogP) is 5.44. The van der Waals surface area contributed by atoms with Crippen molar-refractivity contribution < 1.29 is 282 Å². The average Bonchev–Trinajstić information content (AvgIpc) is 2.84. The monoisotopic (exact) mass is 1400 g/mol. The molecule has 0 aromatic heterocycles. The van der Waals surface area contributed by atoms with Crippen LogP contribution in [0.15, 0.2) is 0 Å². The van der Waals surface area contributed by atoms with E-state index < -0.39 is 94.8 Å². The van der Waals surface area contributed by atoms with Crippen molar-refractivity contribution >= 4 is 94.8 Å². The Morgan fingerprint density at radius 3 is 0.258 bits per heavy atom. The predicted molar refractivity (Wildman–Crippen MR) is 220 cm³/mol. The van der Waals surface area contributed by atoms with Crippen LogP contribution in [0.4, 0.5) is 0 Å². The molecule has 0 saturated carbocycles. The molecular formula is C36H64N6O18Y6-6. The van der Waals surface area contributed by atoms with E-state index in [4.69, 9.17) is 0 Å². The Bertz CT molecular complexity index is 1030. The zero-order valence-electron chi connectivity index (χ0n) is 37.5. The summed E-state index contributed by atoms with van der Waals surface area (Å²) in [6.45, 7) is 19.6. The normalized spacial score (nSPS) is 6.55. The first-order valence-corrected chi connectivity index (χ1v) is 14.8. The van der Waals surface area contributed by atoms with E-state index in [2.05, 4.69) is 41.4 Å². The summed E-state index contributed by atoms with van der Waals surface area (Å²) in [6.07, 6.45) is 0. The first kappa shape index (κ1) is 121. The number of ether oxygens (including phenoxy) is 2. The summed E-state index contributed by atoms with van der Waals surface area (Å²) in [5.41, 5.74) is 0. The van der Waals surface area contributed by atoms with E-state index in [0.29, 0.717) is 0 Å². The third kappa shape index (κ3) is 249. The standard InChI is InChI=1S/6C4H7NO2.2C4H6O3.4CH4.6Y/c6*1-3(6)5-4(2)7;2*1-3(5)7-4(2)6;;;;;;;;;;/h6*1-2H3,(H,5,6,7);2*1-2H3;4*1H4;;;;;;/p-6. The van der Waals surface area contributed by atoms with Crippen molar-refractivity contribution in [2.45, 2.75) is 140 Å². The molecule has 0 rings (SSSR count). The third-order valence-electron chi connectivity index (χ3n) is 2.46. The van der Waals surface area contributed by atoms with Gasteiger partial charge in [0.1, 0.15) is 0 Å². The zero-order chi connectivity index (χ0) is 46.9. The number of esters is 4. The van der Waals surface area contributed by atoms with Crippen molar-refractivity contribution in [1.29, 1.82) is 0 Å². The summed E-state index contributed by atoms with van der Waals surface area (Å²) in [7, 11) is 0. The van der Waals surface area contributed by atoms with Crippen LogP contribution in [-0.2, 0) is 282 Å². The molecule has 0 aliphatic rings. The summed E-state index contributed by atoms with van der Waals surface area (Å²) < 4.78 is 7.94. The molecule has 0 heterocycles. The van der Waals surface area contributed by atoms with Gasteiger partial charge in [0.25, 0.3) is 0 Å². The first-order valence-electron chi connectivity index (χ1n) is 14.8. The van der Waals surface area contributed by atoms with Gasteiger partial charge in [0.15, 0.2) is 0 Å². The fourth-order valence-corrected chi connectivity index (χ4v) is 1.74. The second-order valence-corrected chi connectivity index (χ2v) is 9.07. The molecule has 0 atom stereocenters. The molecule has 0 fully saturated rings. The molecule has 0 unspecified atom stereocenters. The van der Waals surface area contributed by atoms with Crippen LogP contribution in [-0.4, -0.2) is 94.8 Å². The van der Waals surface area contributed by atoms with Crippen LogP contribution in [0.25, 0.3) is 31.9 Å². The Morgan fingerprint density at radius 2 is 0.258 bits per heavy atom. The van der Waals surface area contributed by atoms with Crippen molar-refractivity contribution in [2.24, 2.45) is 0 Å². The van der Waals surface area contributed by atoms with Crippen LogP contribution < -0.4 is 0 Å². The molecule has 12 amide bonds. The Labute approximate surface area is 541 Å². The number of carbonyl (C=O) groups excluding carboxylic acids is 16. The largest absolute Gasteiger partial charge is 0.596 e. The SMILES string of the molecule is C.C.C.C.CC(=O)OC(C)=O.CC(=O)OC(C)=O.CC(=O)[N-]C(C)=O.CC(=O)[N-]C(C)=O.CC(=O)[N-]C(C)=O.CC(=O)[N-]C(C)=O.CC(=O)[N-]C(C)=O.CC(=O)[N-]C(C)=O.[Y].[Y].[Y].[Y].[Y].[Y]. The molecule has 0 spiro atoms. The van der Waals surface area contributed by atoms with Gasteiger partial charge in [-0.25, -0.2) is 0 Å². The first-order chi connectivity index (χ1) is 25.0. The van der Waals surface area contributed by atoms with Gasteiger partial charge >= 0.3 is 23.9 Å². The minimum absolute atomic E-state index is 0. The smallest absolute Gasteiger partial charge is 0.310 e. The van der Waals surface area contributed by atoms with E-state index in [0.717, 1.165) is 0 Å². The molecular weight excluding hydrogens is 1340 g/mol. The summed E-state index contributed by atoms with van der Waals surface area (Å²) in [5, 5.41) is 18.0. The molecule has 6 radical (unpaired) electrons. The van der Waals surface area contributed by atoms with E-state index in [9.17, 15) is 76.7 Å². The third-order valence-corrected chi connectivity index (χ3v) is 2.46. The average molecular weight is 1400 g/mol. The second kappa shape index (κ2) is 84.7. The molecule has 0 aliphatic heterocycles. The maximum Gasteiger partial charge on any atom is 0.310 e. The van der Waals surface area contributed by atoms with Gasteiger partial charge in [0.2, 0.25) is 0 Å². The molecule has 66 heavy (non-hydrogen) atoms. The Morgan fingerprint density at radius 1 is 0.197 bits per heavy atom. The molecule has 0 saturated heterocycles. The van der Waals surface area contributed by atoms with Crippen LogP contribution >= 0.6 is 0 Å². The number of hydrogen-bond donors (Lipinski definition) is 0. The molecule has 0 N–H and O–H groups in total. The van der Waals surface area contributed by atoms with Crippen molar-refractivity contribution in [3.05, 3.63) is 31.9 Å². The Hall–Kier alpha value is -0.257. The maximum absolute atomic E-state index is 9.87. The van der Waals surface area contributed by atoms with Gasteiger partial charge in [0, 0.05) is 224 Å². The second-order valence-electron chi connectivity index (χ2n) is 9.07. The molecule has 0 aromatic carbocycles. The molecule has 0 bridgehead atoms. The molecule has 24 nitrogen and oxygen atoms in total. The molecule has 0 aromatic rings. The van der Waals surface area contributed by atoms with E-state index in [1.54, 1.807) is 0 Å². The van der Waals surface area contributed by atoms with Gasteiger partial charge < -0.3 is 98.9 Å². The maximum atomic E-state index is 9.87. The van der Waals surface area contributed by atoms with E-state index in [-0.39, 0.29) is 226 Å². The van der Waals surface area contributed by atoms with E-state index >= 15 is 0 Å². The van der Waals surface area contributed by atoms with Gasteiger partial charge in [-0.3, -0.25) is 19.2 Å². The van der Waals surface area contributed by atoms with Crippen molar-refractivity contribution in [3.8, 4) is 0 Å². The summed E-state index contributed by atoms with van der Waals surface area (Å²) >= 11 is 0. The van der Waals surface area contributed by atoms with Gasteiger partial charge in [-0.1, -0.05) is 29.7 Å². The summed E-state index contributed by atoms with van der Waals surface area (Å²) in [5.74, 6) is -7.50. The van der Waals surface area contributed by atoms with Crippen molar-refractivity contribution in [2.75, 3.05) is 0 Å². The van der Waals surface area contributed by atoms with Gasteiger partial charge in [0.05, 0.1) is 70.9 Å². The van der Waals surface area contributed by atoms with Crippen molar-refractivity contribution in [3.63, 3.8) is 0 Å². The topological polar surface area (TPSA) is 376 Å². The molecule has 30 heteroatoms. The summed E-state index contributed by atoms with van der Waals surface area (Å²) in [6, 6.07) is 0. The minimum atomic E-state index is -0.562. The van der Waals surface area contributed by atoms with E-state index in [1.807, 2.05) is 0 Å². The van der Waals surface area contributed by atoms with Crippen molar-refractivity contribution in [1.82, 2.24) is 0 Å². The van der Waals surface area contributed by atoms with E-state index in [1.165, 1.54) is 111 Å². The number of nitrogens with zero attached hydrogens (tertiary/aromatic N) is 6. The van der Waals surface area contributed by atoms with Crippen LogP contribution in [0.5, 0.6) is 0 Å². The number of imide groups is 6. The fourth-order valence-electron chi connectivity index (χ4n) is 1.74. The molecule has 0 aliphatic carbocycles. The zero-order valence-corrected chi connectivity index (χ0v) is 54.5. The van der Waals surface area contributed by atoms with Crippen LogP contribution in [0.2, 0.25) is 0 Å². The Kier molecular flexibility index (Phi) is 155.